The summed E-state index contributed by atoms with van der Waals surface area (Å²) in [5.74, 6) is 0.879. The van der Waals surface area contributed by atoms with E-state index in [1.165, 1.54) is 5.56 Å². The molecule has 0 aliphatic rings. The van der Waals surface area contributed by atoms with Crippen molar-refractivity contribution in [3.63, 3.8) is 0 Å². The molecule has 1 atom stereocenters. The lowest BCUT2D eigenvalue weighted by Crippen LogP contribution is -2.31. The van der Waals surface area contributed by atoms with Gasteiger partial charge in [0.15, 0.2) is 0 Å². The highest BCUT2D eigenvalue weighted by Gasteiger charge is 2.19. The van der Waals surface area contributed by atoms with E-state index < -0.39 is 5.60 Å². The fraction of sp³-hybridized carbons (Fsp3) is 0.647. The maximum atomic E-state index is 10.0. The lowest BCUT2D eigenvalue weighted by molar-refractivity contribution is 0.00807. The SMILES string of the molecule is CCC(C)(O)COc1c(C)cc(CNCCOC)cc1C. The molecule has 0 fully saturated rings. The van der Waals surface area contributed by atoms with Crippen LogP contribution in [0.2, 0.25) is 0 Å². The first-order chi connectivity index (χ1) is 9.89. The third-order valence-corrected chi connectivity index (χ3v) is 3.62. The fourth-order valence-corrected chi connectivity index (χ4v) is 2.11. The molecule has 0 saturated carbocycles. The molecule has 0 saturated heterocycles. The Morgan fingerprint density at radius 1 is 1.24 bits per heavy atom. The van der Waals surface area contributed by atoms with Gasteiger partial charge in [-0.2, -0.15) is 0 Å². The summed E-state index contributed by atoms with van der Waals surface area (Å²) in [5.41, 5.74) is 2.66. The monoisotopic (exact) mass is 295 g/mol. The second-order valence-corrected chi connectivity index (χ2v) is 5.87. The van der Waals surface area contributed by atoms with Gasteiger partial charge >= 0.3 is 0 Å². The van der Waals surface area contributed by atoms with Crippen molar-refractivity contribution in [3.8, 4) is 5.75 Å². The summed E-state index contributed by atoms with van der Waals surface area (Å²) in [6, 6.07) is 4.26. The minimum Gasteiger partial charge on any atom is -0.490 e. The smallest absolute Gasteiger partial charge is 0.125 e. The van der Waals surface area contributed by atoms with Gasteiger partial charge in [-0.25, -0.2) is 0 Å². The first kappa shape index (κ1) is 18.0. The predicted molar refractivity (Wildman–Crippen MR) is 85.9 cm³/mol. The molecule has 1 unspecified atom stereocenters. The van der Waals surface area contributed by atoms with Gasteiger partial charge in [0.2, 0.25) is 0 Å². The second-order valence-electron chi connectivity index (χ2n) is 5.87. The Morgan fingerprint density at radius 3 is 2.38 bits per heavy atom. The third-order valence-electron chi connectivity index (χ3n) is 3.62. The normalized spacial score (nSPS) is 14.0. The maximum Gasteiger partial charge on any atom is 0.125 e. The molecule has 0 spiro atoms. The van der Waals surface area contributed by atoms with E-state index in [0.29, 0.717) is 19.6 Å². The number of aliphatic hydroxyl groups is 1. The zero-order valence-electron chi connectivity index (χ0n) is 14.0. The zero-order chi connectivity index (χ0) is 15.9. The topological polar surface area (TPSA) is 50.7 Å². The Labute approximate surface area is 128 Å². The van der Waals surface area contributed by atoms with Gasteiger partial charge in [-0.1, -0.05) is 19.1 Å². The first-order valence-electron chi connectivity index (χ1n) is 7.54. The van der Waals surface area contributed by atoms with Crippen molar-refractivity contribution in [2.24, 2.45) is 0 Å². The van der Waals surface area contributed by atoms with Crippen molar-refractivity contribution in [2.45, 2.75) is 46.3 Å². The molecular formula is C17H29NO3. The Bertz CT molecular complexity index is 421. The van der Waals surface area contributed by atoms with Crippen LogP contribution in [-0.4, -0.2) is 37.6 Å². The molecule has 0 aromatic heterocycles. The van der Waals surface area contributed by atoms with E-state index in [2.05, 4.69) is 17.4 Å². The zero-order valence-corrected chi connectivity index (χ0v) is 14.0. The molecule has 1 aromatic rings. The maximum absolute atomic E-state index is 10.0. The fourth-order valence-electron chi connectivity index (χ4n) is 2.11. The van der Waals surface area contributed by atoms with Crippen LogP contribution < -0.4 is 10.1 Å². The molecule has 0 aliphatic heterocycles. The molecule has 0 bridgehead atoms. The standard InChI is InChI=1S/C17H29NO3/c1-6-17(4,19)12-21-16-13(2)9-15(10-14(16)3)11-18-7-8-20-5/h9-10,18-19H,6-8,11-12H2,1-5H3. The molecular weight excluding hydrogens is 266 g/mol. The summed E-state index contributed by atoms with van der Waals surface area (Å²) in [4.78, 5) is 0. The minimum atomic E-state index is -0.779. The van der Waals surface area contributed by atoms with Gasteiger partial charge in [0.1, 0.15) is 12.4 Å². The molecule has 1 rings (SSSR count). The third kappa shape index (κ3) is 6.04. The van der Waals surface area contributed by atoms with Crippen LogP contribution >= 0.6 is 0 Å². The van der Waals surface area contributed by atoms with Gasteiger partial charge in [-0.3, -0.25) is 0 Å². The summed E-state index contributed by atoms with van der Waals surface area (Å²) in [5, 5.41) is 13.4. The number of hydrogen-bond donors (Lipinski definition) is 2. The first-order valence-corrected chi connectivity index (χ1v) is 7.54. The molecule has 4 heteroatoms. The molecule has 0 amide bonds. The van der Waals surface area contributed by atoms with E-state index in [1.807, 2.05) is 20.8 Å². The molecule has 21 heavy (non-hydrogen) atoms. The summed E-state index contributed by atoms with van der Waals surface area (Å²) in [6.07, 6.45) is 0.673. The average molecular weight is 295 g/mol. The summed E-state index contributed by atoms with van der Waals surface area (Å²) in [7, 11) is 1.70. The number of methoxy groups -OCH3 is 1. The van der Waals surface area contributed by atoms with Crippen molar-refractivity contribution in [2.75, 3.05) is 26.9 Å². The Hall–Kier alpha value is -1.10. The number of benzene rings is 1. The highest BCUT2D eigenvalue weighted by molar-refractivity contribution is 5.43. The molecule has 4 nitrogen and oxygen atoms in total. The summed E-state index contributed by atoms with van der Waals surface area (Å²) < 4.78 is 10.8. The van der Waals surface area contributed by atoms with Crippen LogP contribution in [0.25, 0.3) is 0 Å². The molecule has 0 aliphatic carbocycles. The summed E-state index contributed by atoms with van der Waals surface area (Å²) in [6.45, 7) is 10.5. The van der Waals surface area contributed by atoms with Crippen LogP contribution in [-0.2, 0) is 11.3 Å². The van der Waals surface area contributed by atoms with Crippen molar-refractivity contribution in [1.82, 2.24) is 5.32 Å². The second kappa shape index (κ2) is 8.37. The van der Waals surface area contributed by atoms with E-state index in [-0.39, 0.29) is 0 Å². The van der Waals surface area contributed by atoms with Crippen molar-refractivity contribution in [1.29, 1.82) is 0 Å². The predicted octanol–water partition coefficient (Wildman–Crippen LogP) is 2.58. The number of rotatable bonds is 9. The average Bonchev–Trinajstić information content (AvgIpc) is 2.42. The van der Waals surface area contributed by atoms with Crippen LogP contribution in [0.3, 0.4) is 0 Å². The lowest BCUT2D eigenvalue weighted by atomic mass is 10.0. The van der Waals surface area contributed by atoms with Crippen molar-refractivity contribution < 1.29 is 14.6 Å². The molecule has 0 radical (unpaired) electrons. The highest BCUT2D eigenvalue weighted by Crippen LogP contribution is 2.26. The van der Waals surface area contributed by atoms with E-state index in [1.54, 1.807) is 14.0 Å². The van der Waals surface area contributed by atoms with Crippen LogP contribution in [0.5, 0.6) is 5.75 Å². The summed E-state index contributed by atoms with van der Waals surface area (Å²) >= 11 is 0. The highest BCUT2D eigenvalue weighted by atomic mass is 16.5. The minimum absolute atomic E-state index is 0.316. The molecule has 2 N–H and O–H groups in total. The Morgan fingerprint density at radius 2 is 1.86 bits per heavy atom. The van der Waals surface area contributed by atoms with Gasteiger partial charge in [-0.15, -0.1) is 0 Å². The van der Waals surface area contributed by atoms with Crippen molar-refractivity contribution in [3.05, 3.63) is 28.8 Å². The Kier molecular flexibility index (Phi) is 7.15. The van der Waals surface area contributed by atoms with Gasteiger partial charge in [0.25, 0.3) is 0 Å². The molecule has 0 heterocycles. The number of aryl methyl sites for hydroxylation is 2. The van der Waals surface area contributed by atoms with E-state index in [0.717, 1.165) is 30.0 Å². The molecule has 120 valence electrons. The number of ether oxygens (including phenoxy) is 2. The van der Waals surface area contributed by atoms with Gasteiger partial charge in [-0.05, 0) is 43.9 Å². The van der Waals surface area contributed by atoms with E-state index in [4.69, 9.17) is 9.47 Å². The van der Waals surface area contributed by atoms with Gasteiger partial charge in [0.05, 0.1) is 12.2 Å². The Balaban J connectivity index is 2.67. The lowest BCUT2D eigenvalue weighted by Gasteiger charge is -2.23. The van der Waals surface area contributed by atoms with Gasteiger partial charge in [0, 0.05) is 20.2 Å². The van der Waals surface area contributed by atoms with Gasteiger partial charge < -0.3 is 19.9 Å². The van der Waals surface area contributed by atoms with E-state index >= 15 is 0 Å². The van der Waals surface area contributed by atoms with Crippen LogP contribution in [0.4, 0.5) is 0 Å². The van der Waals surface area contributed by atoms with Crippen molar-refractivity contribution >= 4 is 0 Å². The number of hydrogen-bond acceptors (Lipinski definition) is 4. The van der Waals surface area contributed by atoms with Crippen LogP contribution in [0.15, 0.2) is 12.1 Å². The number of nitrogens with one attached hydrogen (secondary N) is 1. The largest absolute Gasteiger partial charge is 0.490 e. The van der Waals surface area contributed by atoms with Crippen LogP contribution in [0.1, 0.15) is 37.0 Å². The van der Waals surface area contributed by atoms with Crippen LogP contribution in [0, 0.1) is 13.8 Å². The van der Waals surface area contributed by atoms with E-state index in [9.17, 15) is 5.11 Å². The molecule has 1 aromatic carbocycles. The quantitative estimate of drug-likeness (QED) is 0.688.